The molecule has 0 saturated carbocycles. The zero-order valence-electron chi connectivity index (χ0n) is 25.3. The molecule has 4 atom stereocenters. The molecule has 0 aromatic heterocycles. The molecular weight excluding hydrogens is 580 g/mol. The molecule has 4 aromatic carbocycles. The van der Waals surface area contributed by atoms with Crippen LogP contribution in [0.25, 0.3) is 0 Å². The first-order chi connectivity index (χ1) is 22.3. The third kappa shape index (κ3) is 5.99. The predicted octanol–water partition coefficient (Wildman–Crippen LogP) is 4.06. The van der Waals surface area contributed by atoms with Crippen LogP contribution in [-0.2, 0) is 48.4 Å². The van der Waals surface area contributed by atoms with E-state index < -0.39 is 24.3 Å². The lowest BCUT2D eigenvalue weighted by atomic mass is 9.90. The quantitative estimate of drug-likeness (QED) is 0.238. The highest BCUT2D eigenvalue weighted by Gasteiger charge is 2.46. The van der Waals surface area contributed by atoms with E-state index in [9.17, 15) is 24.6 Å². The molecule has 0 unspecified atom stereocenters. The number of anilines is 2. The zero-order valence-corrected chi connectivity index (χ0v) is 25.3. The summed E-state index contributed by atoms with van der Waals surface area (Å²) in [5, 5.41) is 29.6. The minimum Gasteiger partial charge on any atom is -0.388 e. The molecule has 3 aliphatic rings. The molecule has 0 radical (unpaired) electrons. The van der Waals surface area contributed by atoms with Gasteiger partial charge in [-0.3, -0.25) is 9.59 Å². The molecule has 7 rings (SSSR count). The van der Waals surface area contributed by atoms with Gasteiger partial charge in [-0.2, -0.15) is 0 Å². The van der Waals surface area contributed by atoms with Crippen LogP contribution >= 0.6 is 0 Å². The second-order valence-electron chi connectivity index (χ2n) is 12.5. The number of benzene rings is 4. The Morgan fingerprint density at radius 2 is 0.978 bits per heavy atom. The molecule has 4 amide bonds. The number of nitrogens with one attached hydrogen (secondary N) is 2. The normalized spacial score (nSPS) is 22.3. The molecule has 234 valence electrons. The first-order valence-corrected chi connectivity index (χ1v) is 15.7. The molecule has 46 heavy (non-hydrogen) atoms. The number of urea groups is 1. The van der Waals surface area contributed by atoms with Gasteiger partial charge >= 0.3 is 6.03 Å². The van der Waals surface area contributed by atoms with Crippen molar-refractivity contribution in [1.82, 2.24) is 9.80 Å². The highest BCUT2D eigenvalue weighted by Crippen LogP contribution is 2.32. The topological polar surface area (TPSA) is 122 Å². The molecule has 4 N–H and O–H groups in total. The molecule has 0 spiro atoms. The van der Waals surface area contributed by atoms with Gasteiger partial charge in [0.25, 0.3) is 0 Å². The van der Waals surface area contributed by atoms with Gasteiger partial charge in [-0.1, -0.05) is 84.9 Å². The lowest BCUT2D eigenvalue weighted by molar-refractivity contribution is -0.115. The summed E-state index contributed by atoms with van der Waals surface area (Å²) in [5.41, 5.74) is 6.78. The number of carbonyl (C=O) groups is 3. The number of nitrogens with zero attached hydrogens (tertiary/aromatic N) is 2. The maximum atomic E-state index is 14.9. The van der Waals surface area contributed by atoms with Gasteiger partial charge in [0.2, 0.25) is 11.8 Å². The molecule has 1 saturated heterocycles. The number of rotatable bonds is 8. The van der Waals surface area contributed by atoms with Crippen LogP contribution in [0.1, 0.15) is 33.4 Å². The predicted molar refractivity (Wildman–Crippen MR) is 174 cm³/mol. The van der Waals surface area contributed by atoms with Crippen LogP contribution in [0, 0.1) is 0 Å². The highest BCUT2D eigenvalue weighted by atomic mass is 16.3. The summed E-state index contributed by atoms with van der Waals surface area (Å²) in [6, 6.07) is 28.9. The second kappa shape index (κ2) is 12.4. The Kier molecular flexibility index (Phi) is 8.02. The van der Waals surface area contributed by atoms with Crippen LogP contribution in [0.2, 0.25) is 0 Å². The van der Waals surface area contributed by atoms with Crippen molar-refractivity contribution in [2.45, 2.75) is 63.1 Å². The molecule has 9 nitrogen and oxygen atoms in total. The fourth-order valence-electron chi connectivity index (χ4n) is 6.97. The summed E-state index contributed by atoms with van der Waals surface area (Å²) in [7, 11) is 0. The maximum absolute atomic E-state index is 14.9. The average molecular weight is 617 g/mol. The van der Waals surface area contributed by atoms with Gasteiger partial charge in [-0.15, -0.1) is 0 Å². The van der Waals surface area contributed by atoms with Crippen LogP contribution in [0.15, 0.2) is 97.1 Å². The van der Waals surface area contributed by atoms with Crippen molar-refractivity contribution in [2.75, 3.05) is 10.6 Å². The number of aliphatic hydroxyl groups is 2. The van der Waals surface area contributed by atoms with E-state index in [0.29, 0.717) is 12.8 Å². The van der Waals surface area contributed by atoms with E-state index in [2.05, 4.69) is 10.6 Å². The lowest BCUT2D eigenvalue weighted by Gasteiger charge is -2.36. The summed E-state index contributed by atoms with van der Waals surface area (Å²) >= 11 is 0. The Balaban J connectivity index is 1.29. The van der Waals surface area contributed by atoms with Crippen molar-refractivity contribution in [3.8, 4) is 0 Å². The second-order valence-corrected chi connectivity index (χ2v) is 12.5. The smallest absolute Gasteiger partial charge is 0.321 e. The van der Waals surface area contributed by atoms with Gasteiger partial charge in [-0.25, -0.2) is 4.79 Å². The Morgan fingerprint density at radius 1 is 0.565 bits per heavy atom. The van der Waals surface area contributed by atoms with Gasteiger partial charge < -0.3 is 30.6 Å². The molecule has 0 bridgehead atoms. The minimum absolute atomic E-state index is 0.0697. The Bertz CT molecular complexity index is 1650. The molecule has 0 aliphatic carbocycles. The zero-order chi connectivity index (χ0) is 31.8. The van der Waals surface area contributed by atoms with Gasteiger partial charge in [0.15, 0.2) is 0 Å². The number of amides is 4. The molecule has 3 heterocycles. The van der Waals surface area contributed by atoms with E-state index in [4.69, 9.17) is 0 Å². The number of aliphatic hydroxyl groups excluding tert-OH is 2. The van der Waals surface area contributed by atoms with Crippen LogP contribution in [0.4, 0.5) is 16.2 Å². The van der Waals surface area contributed by atoms with E-state index >= 15 is 0 Å². The van der Waals surface area contributed by atoms with Crippen molar-refractivity contribution in [1.29, 1.82) is 0 Å². The van der Waals surface area contributed by atoms with E-state index in [-0.39, 0.29) is 43.8 Å². The van der Waals surface area contributed by atoms with E-state index in [0.717, 1.165) is 44.8 Å². The van der Waals surface area contributed by atoms with Gasteiger partial charge in [0.1, 0.15) is 12.2 Å². The summed E-state index contributed by atoms with van der Waals surface area (Å²) in [6.45, 7) is 0.359. The lowest BCUT2D eigenvalue weighted by Crippen LogP contribution is -2.50. The van der Waals surface area contributed by atoms with Gasteiger partial charge in [0, 0.05) is 24.5 Å². The van der Waals surface area contributed by atoms with Crippen molar-refractivity contribution in [2.24, 2.45) is 0 Å². The van der Waals surface area contributed by atoms with E-state index in [1.807, 2.05) is 97.1 Å². The van der Waals surface area contributed by atoms with Crippen LogP contribution in [-0.4, -0.2) is 62.1 Å². The maximum Gasteiger partial charge on any atom is 0.321 e. The monoisotopic (exact) mass is 616 g/mol. The Hall–Kier alpha value is -4.99. The summed E-state index contributed by atoms with van der Waals surface area (Å²) in [5.74, 6) is -0.139. The third-order valence-corrected chi connectivity index (χ3v) is 9.30. The highest BCUT2D eigenvalue weighted by molar-refractivity contribution is 5.99. The summed E-state index contributed by atoms with van der Waals surface area (Å²) in [6.07, 6.45) is -1.27. The minimum atomic E-state index is -1.25. The van der Waals surface area contributed by atoms with Crippen LogP contribution < -0.4 is 10.6 Å². The van der Waals surface area contributed by atoms with E-state index in [1.54, 1.807) is 9.80 Å². The van der Waals surface area contributed by atoms with Crippen molar-refractivity contribution in [3.05, 3.63) is 130 Å². The Morgan fingerprint density at radius 3 is 1.39 bits per heavy atom. The number of carbonyl (C=O) groups excluding carboxylic acids is 3. The molecule has 9 heteroatoms. The number of fused-ring (bicyclic) bond motifs is 2. The summed E-state index contributed by atoms with van der Waals surface area (Å²) in [4.78, 5) is 42.4. The molecule has 3 aliphatic heterocycles. The Labute approximate surface area is 267 Å². The standard InChI is InChI=1S/C37H36N4O5/c42-33-19-27-15-25(11-13-29(27)38-33)21-40-31(17-23-7-3-1-4-8-23)35(44)36(45)32(18-24-9-5-2-6-10-24)41(37(40)46)22-26-12-14-30-28(16-26)20-34(43)39-30/h1-16,31-32,35-36,44-45H,17-22H2,(H,38,42)(H,39,43)/t31-,32-,35+,36+/m1/s1. The van der Waals surface area contributed by atoms with Crippen LogP contribution in [0.3, 0.4) is 0 Å². The average Bonchev–Trinajstić information content (AvgIpc) is 3.62. The molecule has 4 aromatic rings. The van der Waals surface area contributed by atoms with Gasteiger partial charge in [-0.05, 0) is 58.4 Å². The first kappa shape index (κ1) is 29.7. The van der Waals surface area contributed by atoms with Crippen molar-refractivity contribution < 1.29 is 24.6 Å². The molecular formula is C37H36N4O5. The van der Waals surface area contributed by atoms with Crippen LogP contribution in [0.5, 0.6) is 0 Å². The fraction of sp³-hybridized carbons (Fsp3) is 0.270. The number of hydrogen-bond acceptors (Lipinski definition) is 5. The van der Waals surface area contributed by atoms with E-state index in [1.165, 1.54) is 0 Å². The SMILES string of the molecule is O=C1Cc2cc(CN3C(=O)N(Cc4ccc5c(c4)CC(=O)N5)[C@H](Cc4ccccc4)[C@H](O)[C@@H](O)[C@H]3Cc3ccccc3)ccc2N1. The fourth-order valence-corrected chi connectivity index (χ4v) is 6.97. The van der Waals surface area contributed by atoms with Gasteiger partial charge in [0.05, 0.1) is 24.9 Å². The first-order valence-electron chi connectivity index (χ1n) is 15.7. The van der Waals surface area contributed by atoms with Crippen molar-refractivity contribution >= 4 is 29.2 Å². The molecule has 1 fully saturated rings. The largest absolute Gasteiger partial charge is 0.388 e. The number of hydrogen-bond donors (Lipinski definition) is 4. The van der Waals surface area contributed by atoms with Crippen molar-refractivity contribution in [3.63, 3.8) is 0 Å². The third-order valence-electron chi connectivity index (χ3n) is 9.30. The summed E-state index contributed by atoms with van der Waals surface area (Å²) < 4.78 is 0.